The number of carbonyl (C=O) groups excluding carboxylic acids is 1. The lowest BCUT2D eigenvalue weighted by Crippen LogP contribution is -2.58. The second-order valence-electron chi connectivity index (χ2n) is 11.0. The quantitative estimate of drug-likeness (QED) is 0.618. The van der Waals surface area contributed by atoms with Crippen molar-refractivity contribution < 1.29 is 28.5 Å². The summed E-state index contributed by atoms with van der Waals surface area (Å²) in [4.78, 5) is 16.6. The number of nitriles is 1. The average Bonchev–Trinajstić information content (AvgIpc) is 3.46. The van der Waals surface area contributed by atoms with E-state index in [1.807, 2.05) is 27.7 Å². The Balaban J connectivity index is 1.12. The highest BCUT2D eigenvalue weighted by atomic mass is 16.9. The van der Waals surface area contributed by atoms with Crippen molar-refractivity contribution in [1.29, 1.82) is 5.26 Å². The molecule has 0 radical (unpaired) electrons. The van der Waals surface area contributed by atoms with Gasteiger partial charge in [0, 0.05) is 19.1 Å². The molecule has 6 atom stereocenters. The van der Waals surface area contributed by atoms with Crippen LogP contribution in [0.3, 0.4) is 0 Å². The Kier molecular flexibility index (Phi) is 6.66. The zero-order chi connectivity index (χ0) is 24.1. The number of hydrogen-bond acceptors (Lipinski definition) is 9. The minimum atomic E-state index is -0.714. The lowest BCUT2D eigenvalue weighted by atomic mass is 9.97. The van der Waals surface area contributed by atoms with Crippen molar-refractivity contribution in [1.82, 2.24) is 15.1 Å². The largest absolute Gasteiger partial charge is 0.342 e. The molecule has 5 fully saturated rings. The third-order valence-corrected chi connectivity index (χ3v) is 7.54. The van der Waals surface area contributed by atoms with Gasteiger partial charge in [0.1, 0.15) is 30.5 Å². The van der Waals surface area contributed by atoms with Crippen LogP contribution >= 0.6 is 0 Å². The summed E-state index contributed by atoms with van der Waals surface area (Å²) in [6, 6.07) is 2.27. The summed E-state index contributed by atoms with van der Waals surface area (Å²) in [5.74, 6) is -1.37. The molecular formula is C24H38N4O6. The molecule has 5 saturated heterocycles. The fraction of sp³-hybridized carbons (Fsp3) is 0.917. The van der Waals surface area contributed by atoms with Crippen molar-refractivity contribution in [3.8, 4) is 6.07 Å². The predicted octanol–water partition coefficient (Wildman–Crippen LogP) is 0.951. The summed E-state index contributed by atoms with van der Waals surface area (Å²) >= 11 is 0. The maximum atomic E-state index is 12.5. The molecule has 0 aromatic carbocycles. The smallest absolute Gasteiger partial charge is 0.237 e. The summed E-state index contributed by atoms with van der Waals surface area (Å²) in [5.41, 5.74) is 0. The van der Waals surface area contributed by atoms with E-state index >= 15 is 0 Å². The second kappa shape index (κ2) is 9.28. The second-order valence-corrected chi connectivity index (χ2v) is 11.0. The van der Waals surface area contributed by atoms with Crippen LogP contribution < -0.4 is 5.32 Å². The first-order chi connectivity index (χ1) is 16.1. The third-order valence-electron chi connectivity index (χ3n) is 7.54. The molecule has 0 bridgehead atoms. The molecule has 190 valence electrons. The highest BCUT2D eigenvalue weighted by Crippen LogP contribution is 2.44. The zero-order valence-corrected chi connectivity index (χ0v) is 20.7. The first-order valence-electron chi connectivity index (χ1n) is 12.7. The molecular weight excluding hydrogens is 440 g/mol. The normalized spacial score (nSPS) is 39.6. The van der Waals surface area contributed by atoms with Crippen molar-refractivity contribution >= 4 is 5.91 Å². The zero-order valence-electron chi connectivity index (χ0n) is 20.7. The number of rotatable bonds is 5. The Hall–Kier alpha value is -1.32. The number of hydrogen-bond donors (Lipinski definition) is 1. The number of nitrogens with one attached hydrogen (secondary N) is 1. The van der Waals surface area contributed by atoms with Crippen LogP contribution in [0.15, 0.2) is 0 Å². The number of amides is 1. The minimum Gasteiger partial charge on any atom is -0.342 e. The maximum absolute atomic E-state index is 12.5. The summed E-state index contributed by atoms with van der Waals surface area (Å²) in [5, 5.41) is 12.6. The van der Waals surface area contributed by atoms with Gasteiger partial charge in [-0.3, -0.25) is 4.79 Å². The number of fused-ring (bicyclic) bond motifs is 3. The van der Waals surface area contributed by atoms with Gasteiger partial charge in [-0.25, -0.2) is 0 Å². The highest BCUT2D eigenvalue weighted by Gasteiger charge is 2.60. The molecule has 10 heteroatoms. The molecule has 1 amide bonds. The van der Waals surface area contributed by atoms with Crippen LogP contribution in [0.2, 0.25) is 0 Å². The summed E-state index contributed by atoms with van der Waals surface area (Å²) in [6.07, 6.45) is 2.23. The van der Waals surface area contributed by atoms with E-state index in [1.54, 1.807) is 4.90 Å². The molecule has 5 heterocycles. The van der Waals surface area contributed by atoms with Crippen LogP contribution in [0.25, 0.3) is 0 Å². The molecule has 5 aliphatic rings. The van der Waals surface area contributed by atoms with Crippen LogP contribution in [0.1, 0.15) is 53.4 Å². The molecule has 5 rings (SSSR count). The molecule has 0 spiro atoms. The van der Waals surface area contributed by atoms with Crippen LogP contribution in [-0.2, 0) is 28.5 Å². The topological polar surface area (TPSA) is 106 Å². The van der Waals surface area contributed by atoms with Gasteiger partial charge in [0.2, 0.25) is 5.91 Å². The van der Waals surface area contributed by atoms with Gasteiger partial charge in [0.15, 0.2) is 17.9 Å². The number of ether oxygens (including phenoxy) is 5. The molecule has 10 nitrogen and oxygen atoms in total. The first-order valence-corrected chi connectivity index (χ1v) is 12.7. The van der Waals surface area contributed by atoms with Crippen LogP contribution in [0.4, 0.5) is 0 Å². The third kappa shape index (κ3) is 4.98. The maximum Gasteiger partial charge on any atom is 0.237 e. The van der Waals surface area contributed by atoms with Gasteiger partial charge in [-0.1, -0.05) is 0 Å². The van der Waals surface area contributed by atoms with Gasteiger partial charge in [-0.15, -0.1) is 0 Å². The molecule has 1 N–H and O–H groups in total. The van der Waals surface area contributed by atoms with Gasteiger partial charge < -0.3 is 38.8 Å². The van der Waals surface area contributed by atoms with E-state index in [0.717, 1.165) is 45.3 Å². The van der Waals surface area contributed by atoms with Crippen LogP contribution in [-0.4, -0.2) is 103 Å². The SMILES string of the molecule is CC1(C)O[C@@H]2[C@H](O1)[C@H]1OC(C)(C)OC1O[C@@H]2CN1CCC(NCC(=O)N2CCC[C@H]2C#N)CC1. The van der Waals surface area contributed by atoms with Crippen molar-refractivity contribution in [2.24, 2.45) is 0 Å². The molecule has 0 saturated carbocycles. The molecule has 0 aromatic heterocycles. The highest BCUT2D eigenvalue weighted by molar-refractivity contribution is 5.79. The number of nitrogens with zero attached hydrogens (tertiary/aromatic N) is 3. The van der Waals surface area contributed by atoms with E-state index < -0.39 is 17.9 Å². The van der Waals surface area contributed by atoms with E-state index in [9.17, 15) is 10.1 Å². The monoisotopic (exact) mass is 478 g/mol. The molecule has 1 unspecified atom stereocenters. The van der Waals surface area contributed by atoms with Gasteiger partial charge in [-0.05, 0) is 66.5 Å². The van der Waals surface area contributed by atoms with Crippen LogP contribution in [0.5, 0.6) is 0 Å². The van der Waals surface area contributed by atoms with Crippen molar-refractivity contribution in [2.75, 3.05) is 32.7 Å². The fourth-order valence-corrected chi connectivity index (χ4v) is 5.95. The van der Waals surface area contributed by atoms with E-state index in [0.29, 0.717) is 19.1 Å². The average molecular weight is 479 g/mol. The van der Waals surface area contributed by atoms with Crippen molar-refractivity contribution in [3.63, 3.8) is 0 Å². The summed E-state index contributed by atoms with van der Waals surface area (Å²) < 4.78 is 30.9. The van der Waals surface area contributed by atoms with Gasteiger partial charge >= 0.3 is 0 Å². The Morgan fingerprint density at radius 1 is 0.971 bits per heavy atom. The van der Waals surface area contributed by atoms with E-state index in [-0.39, 0.29) is 36.4 Å². The van der Waals surface area contributed by atoms with Crippen molar-refractivity contribution in [3.05, 3.63) is 0 Å². The van der Waals surface area contributed by atoms with Gasteiger partial charge in [0.05, 0.1) is 12.6 Å². The number of likely N-dealkylation sites (tertiary alicyclic amines) is 2. The van der Waals surface area contributed by atoms with Crippen LogP contribution in [0, 0.1) is 11.3 Å². The summed E-state index contributed by atoms with van der Waals surface area (Å²) in [7, 11) is 0. The van der Waals surface area contributed by atoms with Crippen molar-refractivity contribution in [2.45, 2.75) is 108 Å². The van der Waals surface area contributed by atoms with E-state index in [1.165, 1.54) is 0 Å². The Labute approximate surface area is 201 Å². The van der Waals surface area contributed by atoms with Gasteiger partial charge in [-0.2, -0.15) is 5.26 Å². The Morgan fingerprint density at radius 2 is 1.65 bits per heavy atom. The number of carbonyl (C=O) groups is 1. The number of piperidine rings is 1. The lowest BCUT2D eigenvalue weighted by Gasteiger charge is -2.41. The standard InChI is InChI=1S/C24H38N4O6/c1-23(2)31-19-17(30-22-21(20(19)32-23)33-24(3,4)34-22)14-27-10-7-15(8-11-27)26-13-18(29)28-9-5-6-16(28)12-25/h15-17,19-22,26H,5-11,13-14H2,1-4H3/t16-,17+,19-,20-,21+,22?/m0/s1. The van der Waals surface area contributed by atoms with E-state index in [4.69, 9.17) is 23.7 Å². The molecule has 0 aliphatic carbocycles. The first kappa shape index (κ1) is 24.4. The van der Waals surface area contributed by atoms with E-state index in [2.05, 4.69) is 16.3 Å². The Morgan fingerprint density at radius 3 is 2.38 bits per heavy atom. The molecule has 34 heavy (non-hydrogen) atoms. The van der Waals surface area contributed by atoms with Gasteiger partial charge in [0.25, 0.3) is 0 Å². The minimum absolute atomic E-state index is 0.0328. The lowest BCUT2D eigenvalue weighted by molar-refractivity contribution is -0.237. The molecule has 0 aromatic rings. The Bertz CT molecular complexity index is 808. The molecule has 5 aliphatic heterocycles. The predicted molar refractivity (Wildman–Crippen MR) is 120 cm³/mol. The fourth-order valence-electron chi connectivity index (χ4n) is 5.95. The summed E-state index contributed by atoms with van der Waals surface area (Å²) in [6.45, 7) is 11.2.